The Kier molecular flexibility index (Phi) is 3.04. The fourth-order valence-corrected chi connectivity index (χ4v) is 1.89. The van der Waals surface area contributed by atoms with E-state index in [1.54, 1.807) is 20.5 Å². The molecule has 16 heavy (non-hydrogen) atoms. The molecule has 0 spiro atoms. The Balaban J connectivity index is 2.38. The molecule has 3 heteroatoms. The molecule has 0 saturated carbocycles. The fourth-order valence-electron chi connectivity index (χ4n) is 1.89. The minimum Gasteiger partial charge on any atom is -0.496 e. The highest BCUT2D eigenvalue weighted by Crippen LogP contribution is 2.35. The van der Waals surface area contributed by atoms with Crippen LogP contribution in [0.4, 0.5) is 0 Å². The predicted octanol–water partition coefficient (Wildman–Crippen LogP) is 2.99. The van der Waals surface area contributed by atoms with Crippen molar-refractivity contribution in [3.8, 4) is 11.5 Å². The highest BCUT2D eigenvalue weighted by atomic mass is 16.5. The van der Waals surface area contributed by atoms with Gasteiger partial charge in [0.1, 0.15) is 17.6 Å². The number of hydrogen-bond donors (Lipinski definition) is 0. The van der Waals surface area contributed by atoms with Crippen LogP contribution < -0.4 is 9.47 Å². The molecule has 1 aromatic carbocycles. The molecule has 1 heterocycles. The van der Waals surface area contributed by atoms with E-state index >= 15 is 0 Å². The predicted molar refractivity (Wildman–Crippen MR) is 61.9 cm³/mol. The zero-order valence-electron chi connectivity index (χ0n) is 9.82. The van der Waals surface area contributed by atoms with Crippen LogP contribution in [-0.2, 0) is 4.74 Å². The molecule has 0 N–H and O–H groups in total. The summed E-state index contributed by atoms with van der Waals surface area (Å²) in [5.41, 5.74) is 2.10. The Bertz CT molecular complexity index is 377. The molecule has 1 aliphatic heterocycles. The molecule has 86 valence electrons. The number of hydrogen-bond acceptors (Lipinski definition) is 3. The largest absolute Gasteiger partial charge is 0.496 e. The minimum absolute atomic E-state index is 0.0865. The molecule has 0 fully saturated rings. The number of rotatable bonds is 3. The van der Waals surface area contributed by atoms with Crippen molar-refractivity contribution in [1.29, 1.82) is 0 Å². The Morgan fingerprint density at radius 3 is 2.25 bits per heavy atom. The van der Waals surface area contributed by atoms with Gasteiger partial charge in [-0.15, -0.1) is 0 Å². The van der Waals surface area contributed by atoms with Crippen LogP contribution in [0.1, 0.15) is 23.7 Å². The summed E-state index contributed by atoms with van der Waals surface area (Å²) in [6.45, 7) is 1.98. The van der Waals surface area contributed by atoms with E-state index < -0.39 is 0 Å². The Morgan fingerprint density at radius 1 is 1.19 bits per heavy atom. The van der Waals surface area contributed by atoms with E-state index in [-0.39, 0.29) is 6.10 Å². The lowest BCUT2D eigenvalue weighted by molar-refractivity contribution is 0.172. The molecule has 1 aliphatic rings. The van der Waals surface area contributed by atoms with Crippen LogP contribution >= 0.6 is 0 Å². The third kappa shape index (κ3) is 1.85. The fraction of sp³-hybridized carbons (Fsp3) is 0.385. The minimum atomic E-state index is 0.0865. The van der Waals surface area contributed by atoms with E-state index in [4.69, 9.17) is 14.2 Å². The van der Waals surface area contributed by atoms with Gasteiger partial charge in [-0.2, -0.15) is 0 Å². The van der Waals surface area contributed by atoms with Gasteiger partial charge in [0, 0.05) is 12.0 Å². The number of methoxy groups -OCH3 is 2. The standard InChI is InChI=1S/C13H16O3/c1-9-12(14-2)7-10(8-13(9)15-3)11-5-4-6-16-11/h4,6-8,11H,5H2,1-3H3. The van der Waals surface area contributed by atoms with E-state index in [9.17, 15) is 0 Å². The van der Waals surface area contributed by atoms with E-state index in [1.165, 1.54) is 0 Å². The summed E-state index contributed by atoms with van der Waals surface area (Å²) in [6, 6.07) is 4.02. The average molecular weight is 220 g/mol. The number of ether oxygens (including phenoxy) is 3. The highest BCUT2D eigenvalue weighted by molar-refractivity contribution is 5.48. The van der Waals surface area contributed by atoms with Crippen molar-refractivity contribution >= 4 is 0 Å². The maximum atomic E-state index is 5.49. The lowest BCUT2D eigenvalue weighted by atomic mass is 10.0. The van der Waals surface area contributed by atoms with Gasteiger partial charge in [-0.25, -0.2) is 0 Å². The van der Waals surface area contributed by atoms with Crippen molar-refractivity contribution in [3.63, 3.8) is 0 Å². The van der Waals surface area contributed by atoms with Gasteiger partial charge in [-0.05, 0) is 30.7 Å². The Hall–Kier alpha value is -1.64. The first-order valence-electron chi connectivity index (χ1n) is 5.29. The van der Waals surface area contributed by atoms with Crippen molar-refractivity contribution in [2.24, 2.45) is 0 Å². The van der Waals surface area contributed by atoms with Crippen LogP contribution in [0.15, 0.2) is 24.5 Å². The third-order valence-electron chi connectivity index (χ3n) is 2.84. The van der Waals surface area contributed by atoms with Crippen LogP contribution in [0.25, 0.3) is 0 Å². The molecule has 3 nitrogen and oxygen atoms in total. The normalized spacial score (nSPS) is 18.3. The average Bonchev–Trinajstić information content (AvgIpc) is 2.83. The zero-order chi connectivity index (χ0) is 11.5. The molecule has 0 aliphatic carbocycles. The van der Waals surface area contributed by atoms with E-state index in [0.717, 1.165) is 29.0 Å². The first kappa shape index (κ1) is 10.9. The Labute approximate surface area is 95.6 Å². The molecule has 0 bridgehead atoms. The van der Waals surface area contributed by atoms with Crippen LogP contribution in [0.5, 0.6) is 11.5 Å². The van der Waals surface area contributed by atoms with Crippen molar-refractivity contribution in [1.82, 2.24) is 0 Å². The van der Waals surface area contributed by atoms with Gasteiger partial charge in [0.2, 0.25) is 0 Å². The van der Waals surface area contributed by atoms with Gasteiger partial charge in [-0.3, -0.25) is 0 Å². The van der Waals surface area contributed by atoms with Gasteiger partial charge >= 0.3 is 0 Å². The Morgan fingerprint density at radius 2 is 1.81 bits per heavy atom. The van der Waals surface area contributed by atoms with Gasteiger partial charge in [0.15, 0.2) is 0 Å². The van der Waals surface area contributed by atoms with Gasteiger partial charge in [0.25, 0.3) is 0 Å². The van der Waals surface area contributed by atoms with Crippen LogP contribution in [0, 0.1) is 6.92 Å². The maximum Gasteiger partial charge on any atom is 0.127 e. The van der Waals surface area contributed by atoms with E-state index in [2.05, 4.69) is 0 Å². The molecular weight excluding hydrogens is 204 g/mol. The maximum absolute atomic E-state index is 5.49. The quantitative estimate of drug-likeness (QED) is 0.783. The number of benzene rings is 1. The molecule has 0 amide bonds. The van der Waals surface area contributed by atoms with Crippen LogP contribution in [-0.4, -0.2) is 14.2 Å². The topological polar surface area (TPSA) is 27.7 Å². The van der Waals surface area contributed by atoms with Crippen LogP contribution in [0.3, 0.4) is 0 Å². The molecule has 0 saturated heterocycles. The summed E-state index contributed by atoms with van der Waals surface area (Å²) in [5, 5.41) is 0. The van der Waals surface area contributed by atoms with Crippen LogP contribution in [0.2, 0.25) is 0 Å². The lowest BCUT2D eigenvalue weighted by Gasteiger charge is -2.16. The third-order valence-corrected chi connectivity index (χ3v) is 2.84. The van der Waals surface area contributed by atoms with Crippen molar-refractivity contribution in [2.75, 3.05) is 14.2 Å². The van der Waals surface area contributed by atoms with Crippen molar-refractivity contribution in [2.45, 2.75) is 19.4 Å². The molecule has 2 rings (SSSR count). The summed E-state index contributed by atoms with van der Waals surface area (Å²) in [7, 11) is 3.33. The summed E-state index contributed by atoms with van der Waals surface area (Å²) in [5.74, 6) is 1.68. The first-order valence-corrected chi connectivity index (χ1v) is 5.29. The zero-order valence-corrected chi connectivity index (χ0v) is 9.82. The first-order chi connectivity index (χ1) is 7.76. The molecule has 1 unspecified atom stereocenters. The summed E-state index contributed by atoms with van der Waals surface area (Å²) < 4.78 is 16.1. The van der Waals surface area contributed by atoms with E-state index in [1.807, 2.05) is 25.1 Å². The monoisotopic (exact) mass is 220 g/mol. The summed E-state index contributed by atoms with van der Waals surface area (Å²) >= 11 is 0. The van der Waals surface area contributed by atoms with E-state index in [0.29, 0.717) is 0 Å². The second-order valence-electron chi connectivity index (χ2n) is 3.78. The smallest absolute Gasteiger partial charge is 0.127 e. The lowest BCUT2D eigenvalue weighted by Crippen LogP contribution is -2.00. The second-order valence-corrected chi connectivity index (χ2v) is 3.78. The molecular formula is C13H16O3. The summed E-state index contributed by atoms with van der Waals surface area (Å²) in [4.78, 5) is 0. The van der Waals surface area contributed by atoms with Crippen molar-refractivity contribution in [3.05, 3.63) is 35.6 Å². The summed E-state index contributed by atoms with van der Waals surface area (Å²) in [6.07, 6.45) is 4.74. The van der Waals surface area contributed by atoms with Gasteiger partial charge in [-0.1, -0.05) is 0 Å². The van der Waals surface area contributed by atoms with Gasteiger partial charge < -0.3 is 14.2 Å². The SMILES string of the molecule is COc1cc(C2CC=CO2)cc(OC)c1C. The molecule has 1 aromatic rings. The second kappa shape index (κ2) is 4.47. The van der Waals surface area contributed by atoms with Crippen molar-refractivity contribution < 1.29 is 14.2 Å². The molecule has 1 atom stereocenters. The highest BCUT2D eigenvalue weighted by Gasteiger charge is 2.18. The molecule has 0 radical (unpaired) electrons. The molecule has 0 aromatic heterocycles. The van der Waals surface area contributed by atoms with Gasteiger partial charge in [0.05, 0.1) is 20.5 Å².